The van der Waals surface area contributed by atoms with E-state index in [0.717, 1.165) is 15.5 Å². The van der Waals surface area contributed by atoms with Gasteiger partial charge < -0.3 is 4.98 Å². The predicted molar refractivity (Wildman–Crippen MR) is 60.7 cm³/mol. The first kappa shape index (κ1) is 9.86. The molecule has 2 aromatic rings. The van der Waals surface area contributed by atoms with Crippen LogP contribution in [0.2, 0.25) is 0 Å². The molecule has 2 rings (SSSR count). The SMILES string of the molecule is CCS(=O)c1nc2ccc(Br)cc2[nH]1. The van der Waals surface area contributed by atoms with Crippen molar-refractivity contribution in [2.75, 3.05) is 5.75 Å². The van der Waals surface area contributed by atoms with Crippen molar-refractivity contribution < 1.29 is 4.21 Å². The predicted octanol–water partition coefficient (Wildman–Crippen LogP) is 2.45. The number of hydrogen-bond acceptors (Lipinski definition) is 2. The van der Waals surface area contributed by atoms with Gasteiger partial charge in [-0.05, 0) is 18.2 Å². The van der Waals surface area contributed by atoms with Crippen molar-refractivity contribution in [2.24, 2.45) is 0 Å². The van der Waals surface area contributed by atoms with E-state index in [9.17, 15) is 4.21 Å². The third kappa shape index (κ3) is 1.74. The van der Waals surface area contributed by atoms with Gasteiger partial charge in [-0.25, -0.2) is 4.98 Å². The summed E-state index contributed by atoms with van der Waals surface area (Å²) in [4.78, 5) is 7.29. The molecule has 14 heavy (non-hydrogen) atoms. The zero-order valence-electron chi connectivity index (χ0n) is 7.58. The number of hydrogen-bond donors (Lipinski definition) is 1. The molecule has 0 aliphatic rings. The molecule has 1 aromatic heterocycles. The van der Waals surface area contributed by atoms with Crippen molar-refractivity contribution in [1.29, 1.82) is 0 Å². The van der Waals surface area contributed by atoms with Gasteiger partial charge in [0.25, 0.3) is 0 Å². The van der Waals surface area contributed by atoms with Crippen LogP contribution in [-0.2, 0) is 10.8 Å². The summed E-state index contributed by atoms with van der Waals surface area (Å²) in [6.07, 6.45) is 0. The van der Waals surface area contributed by atoms with Gasteiger partial charge in [-0.2, -0.15) is 0 Å². The number of imidazole rings is 1. The van der Waals surface area contributed by atoms with Crippen molar-refractivity contribution in [3.05, 3.63) is 22.7 Å². The first-order chi connectivity index (χ1) is 6.70. The number of nitrogens with one attached hydrogen (secondary N) is 1. The van der Waals surface area contributed by atoms with Gasteiger partial charge in [0.15, 0.2) is 5.16 Å². The van der Waals surface area contributed by atoms with Gasteiger partial charge in [-0.15, -0.1) is 0 Å². The van der Waals surface area contributed by atoms with Crippen molar-refractivity contribution in [3.63, 3.8) is 0 Å². The van der Waals surface area contributed by atoms with Gasteiger partial charge in [0.05, 0.1) is 21.8 Å². The second-order valence-corrected chi connectivity index (χ2v) is 5.41. The van der Waals surface area contributed by atoms with Crippen LogP contribution in [0.15, 0.2) is 27.8 Å². The van der Waals surface area contributed by atoms with E-state index in [1.165, 1.54) is 0 Å². The number of benzene rings is 1. The van der Waals surface area contributed by atoms with Crippen LogP contribution in [0.3, 0.4) is 0 Å². The molecule has 1 N–H and O–H groups in total. The third-order valence-corrected chi connectivity index (χ3v) is 3.54. The lowest BCUT2D eigenvalue weighted by Crippen LogP contribution is -1.95. The highest BCUT2D eigenvalue weighted by Crippen LogP contribution is 2.18. The minimum absolute atomic E-state index is 0.556. The van der Waals surface area contributed by atoms with Gasteiger partial charge in [-0.1, -0.05) is 22.9 Å². The summed E-state index contributed by atoms with van der Waals surface area (Å²) in [5.41, 5.74) is 1.76. The van der Waals surface area contributed by atoms with E-state index in [2.05, 4.69) is 25.9 Å². The van der Waals surface area contributed by atoms with Gasteiger partial charge in [-0.3, -0.25) is 4.21 Å². The fourth-order valence-electron chi connectivity index (χ4n) is 1.20. The Morgan fingerprint density at radius 2 is 2.36 bits per heavy atom. The minimum Gasteiger partial charge on any atom is -0.331 e. The van der Waals surface area contributed by atoms with E-state index < -0.39 is 10.8 Å². The molecule has 0 radical (unpaired) electrons. The van der Waals surface area contributed by atoms with E-state index in [4.69, 9.17) is 0 Å². The Morgan fingerprint density at radius 3 is 3.07 bits per heavy atom. The van der Waals surface area contributed by atoms with E-state index in [1.54, 1.807) is 0 Å². The third-order valence-electron chi connectivity index (χ3n) is 1.90. The Balaban J connectivity index is 2.56. The average molecular weight is 273 g/mol. The fourth-order valence-corrected chi connectivity index (χ4v) is 2.26. The maximum atomic E-state index is 11.5. The second kappa shape index (κ2) is 3.82. The van der Waals surface area contributed by atoms with Crippen molar-refractivity contribution in [1.82, 2.24) is 9.97 Å². The number of aromatic amines is 1. The molecule has 0 bridgehead atoms. The number of rotatable bonds is 2. The van der Waals surface area contributed by atoms with Gasteiger partial charge in [0.1, 0.15) is 0 Å². The second-order valence-electron chi connectivity index (χ2n) is 2.84. The Morgan fingerprint density at radius 1 is 1.57 bits per heavy atom. The summed E-state index contributed by atoms with van der Waals surface area (Å²) >= 11 is 3.37. The molecule has 1 unspecified atom stereocenters. The summed E-state index contributed by atoms with van der Waals surface area (Å²) < 4.78 is 12.5. The quantitative estimate of drug-likeness (QED) is 0.913. The smallest absolute Gasteiger partial charge is 0.197 e. The van der Waals surface area contributed by atoms with Crippen molar-refractivity contribution >= 4 is 37.8 Å². The van der Waals surface area contributed by atoms with Crippen LogP contribution < -0.4 is 0 Å². The Kier molecular flexibility index (Phi) is 2.69. The lowest BCUT2D eigenvalue weighted by Gasteiger charge is -1.89. The summed E-state index contributed by atoms with van der Waals surface area (Å²) in [7, 11) is -1.01. The Hall–Kier alpha value is -0.680. The zero-order chi connectivity index (χ0) is 10.1. The number of nitrogens with zero attached hydrogens (tertiary/aromatic N) is 1. The lowest BCUT2D eigenvalue weighted by molar-refractivity contribution is 0.679. The highest BCUT2D eigenvalue weighted by atomic mass is 79.9. The first-order valence-corrected chi connectivity index (χ1v) is 6.35. The summed E-state index contributed by atoms with van der Waals surface area (Å²) in [6.45, 7) is 1.87. The van der Waals surface area contributed by atoms with E-state index >= 15 is 0 Å². The molecule has 0 spiro atoms. The lowest BCUT2D eigenvalue weighted by atomic mass is 10.3. The molecule has 0 saturated heterocycles. The topological polar surface area (TPSA) is 45.8 Å². The minimum atomic E-state index is -1.01. The van der Waals surface area contributed by atoms with Gasteiger partial charge in [0.2, 0.25) is 0 Å². The zero-order valence-corrected chi connectivity index (χ0v) is 9.98. The van der Waals surface area contributed by atoms with Crippen LogP contribution in [0, 0.1) is 0 Å². The normalized spacial score (nSPS) is 13.3. The highest BCUT2D eigenvalue weighted by molar-refractivity contribution is 9.10. The molecule has 0 amide bonds. The Labute approximate surface area is 92.5 Å². The number of aromatic nitrogens is 2. The molecule has 1 aromatic carbocycles. The van der Waals surface area contributed by atoms with Crippen molar-refractivity contribution in [2.45, 2.75) is 12.1 Å². The molecule has 3 nitrogen and oxygen atoms in total. The van der Waals surface area contributed by atoms with Crippen LogP contribution in [0.5, 0.6) is 0 Å². The maximum Gasteiger partial charge on any atom is 0.197 e. The molecule has 0 fully saturated rings. The largest absolute Gasteiger partial charge is 0.331 e. The van der Waals surface area contributed by atoms with Crippen LogP contribution in [0.4, 0.5) is 0 Å². The summed E-state index contributed by atoms with van der Waals surface area (Å²) in [5.74, 6) is 0.584. The molecule has 0 saturated carbocycles. The van der Waals surface area contributed by atoms with E-state index in [1.807, 2.05) is 25.1 Å². The van der Waals surface area contributed by atoms with E-state index in [0.29, 0.717) is 10.9 Å². The monoisotopic (exact) mass is 272 g/mol. The molecule has 74 valence electrons. The highest BCUT2D eigenvalue weighted by Gasteiger charge is 2.07. The first-order valence-electron chi connectivity index (χ1n) is 4.24. The molecule has 1 atom stereocenters. The van der Waals surface area contributed by atoms with Crippen LogP contribution in [0.1, 0.15) is 6.92 Å². The number of H-pyrrole nitrogens is 1. The van der Waals surface area contributed by atoms with Gasteiger partial charge >= 0.3 is 0 Å². The van der Waals surface area contributed by atoms with Crippen LogP contribution >= 0.6 is 15.9 Å². The molecular weight excluding hydrogens is 264 g/mol. The molecule has 1 heterocycles. The molecular formula is C9H9BrN2OS. The van der Waals surface area contributed by atoms with Crippen LogP contribution in [-0.4, -0.2) is 19.9 Å². The number of halogens is 1. The molecule has 0 aliphatic heterocycles. The Bertz CT molecular complexity index is 495. The number of fused-ring (bicyclic) bond motifs is 1. The fraction of sp³-hybridized carbons (Fsp3) is 0.222. The maximum absolute atomic E-state index is 11.5. The average Bonchev–Trinajstić information content (AvgIpc) is 2.59. The molecule has 0 aliphatic carbocycles. The summed E-state index contributed by atoms with van der Waals surface area (Å²) in [5, 5.41) is 0.556. The standard InChI is InChI=1S/C9H9BrN2OS/c1-2-14(13)9-11-7-4-3-6(10)5-8(7)12-9/h3-5H,2H2,1H3,(H,11,12). The summed E-state index contributed by atoms with van der Waals surface area (Å²) in [6, 6.07) is 5.74. The van der Waals surface area contributed by atoms with E-state index in [-0.39, 0.29) is 0 Å². The molecule has 5 heteroatoms. The van der Waals surface area contributed by atoms with Crippen molar-refractivity contribution in [3.8, 4) is 0 Å². The van der Waals surface area contributed by atoms with Gasteiger partial charge in [0, 0.05) is 10.2 Å². The van der Waals surface area contributed by atoms with Crippen LogP contribution in [0.25, 0.3) is 11.0 Å².